The maximum Gasteiger partial charge on any atom is 0.169 e. The molecule has 0 saturated carbocycles. The molecular formula is C17H17N3S2. The van der Waals surface area contributed by atoms with Crippen molar-refractivity contribution in [2.75, 3.05) is 6.54 Å². The van der Waals surface area contributed by atoms with Gasteiger partial charge in [0.05, 0.1) is 10.6 Å². The minimum Gasteiger partial charge on any atom is -0.293 e. The summed E-state index contributed by atoms with van der Waals surface area (Å²) in [6.45, 7) is 5.26. The van der Waals surface area contributed by atoms with E-state index in [9.17, 15) is 0 Å². The lowest BCUT2D eigenvalue weighted by Gasteiger charge is -2.27. The van der Waals surface area contributed by atoms with Crippen LogP contribution in [0.25, 0.3) is 10.7 Å². The largest absolute Gasteiger partial charge is 0.293 e. The molecule has 0 fully saturated rings. The molecule has 0 N–H and O–H groups in total. The molecule has 22 heavy (non-hydrogen) atoms. The molecule has 0 bridgehead atoms. The summed E-state index contributed by atoms with van der Waals surface area (Å²) in [6.07, 6.45) is 3.03. The molecule has 0 aromatic carbocycles. The molecule has 5 heteroatoms. The van der Waals surface area contributed by atoms with Crippen LogP contribution in [0.2, 0.25) is 0 Å². The second-order valence-corrected chi connectivity index (χ2v) is 7.58. The third kappa shape index (κ3) is 2.72. The van der Waals surface area contributed by atoms with Gasteiger partial charge in [0.2, 0.25) is 0 Å². The Labute approximate surface area is 138 Å². The number of nitrogens with zero attached hydrogens (tertiary/aromatic N) is 3. The Morgan fingerprint density at radius 1 is 1.23 bits per heavy atom. The van der Waals surface area contributed by atoms with Crippen molar-refractivity contribution in [2.24, 2.45) is 0 Å². The van der Waals surface area contributed by atoms with Gasteiger partial charge < -0.3 is 0 Å². The van der Waals surface area contributed by atoms with Crippen LogP contribution < -0.4 is 0 Å². The molecule has 112 valence electrons. The first-order valence-electron chi connectivity index (χ1n) is 7.43. The SMILES string of the molecule is Cc1ccsc1CN1CCc2nc(-c3cccs3)ncc2C1. The Bertz CT molecular complexity index is 777. The molecule has 1 aliphatic rings. The molecule has 4 rings (SSSR count). The van der Waals surface area contributed by atoms with Gasteiger partial charge in [-0.25, -0.2) is 9.97 Å². The van der Waals surface area contributed by atoms with Crippen molar-refractivity contribution in [1.29, 1.82) is 0 Å². The van der Waals surface area contributed by atoms with E-state index in [0.717, 1.165) is 36.8 Å². The van der Waals surface area contributed by atoms with E-state index in [1.807, 2.05) is 23.6 Å². The fourth-order valence-corrected chi connectivity index (χ4v) is 4.42. The van der Waals surface area contributed by atoms with E-state index in [2.05, 4.69) is 39.7 Å². The summed E-state index contributed by atoms with van der Waals surface area (Å²) >= 11 is 3.55. The van der Waals surface area contributed by atoms with Gasteiger partial charge in [-0.3, -0.25) is 4.90 Å². The highest BCUT2D eigenvalue weighted by Crippen LogP contribution is 2.26. The zero-order chi connectivity index (χ0) is 14.9. The lowest BCUT2D eigenvalue weighted by Crippen LogP contribution is -2.30. The van der Waals surface area contributed by atoms with E-state index in [4.69, 9.17) is 4.98 Å². The maximum atomic E-state index is 4.78. The fraction of sp³-hybridized carbons (Fsp3) is 0.294. The van der Waals surface area contributed by atoms with Crippen molar-refractivity contribution in [1.82, 2.24) is 14.9 Å². The smallest absolute Gasteiger partial charge is 0.169 e. The van der Waals surface area contributed by atoms with Crippen LogP contribution in [0.1, 0.15) is 21.7 Å². The summed E-state index contributed by atoms with van der Waals surface area (Å²) in [4.78, 5) is 14.5. The quantitative estimate of drug-likeness (QED) is 0.724. The Hall–Kier alpha value is -1.56. The van der Waals surface area contributed by atoms with Crippen LogP contribution in [-0.2, 0) is 19.5 Å². The number of rotatable bonds is 3. The maximum absolute atomic E-state index is 4.78. The van der Waals surface area contributed by atoms with E-state index in [1.54, 1.807) is 11.3 Å². The summed E-state index contributed by atoms with van der Waals surface area (Å²) in [5, 5.41) is 4.25. The predicted molar refractivity (Wildman–Crippen MR) is 92.2 cm³/mol. The van der Waals surface area contributed by atoms with Crippen LogP contribution >= 0.6 is 22.7 Å². The molecule has 0 spiro atoms. The van der Waals surface area contributed by atoms with Crippen LogP contribution in [0.15, 0.2) is 35.2 Å². The average molecular weight is 327 g/mol. The van der Waals surface area contributed by atoms with Gasteiger partial charge >= 0.3 is 0 Å². The van der Waals surface area contributed by atoms with Gasteiger partial charge in [-0.1, -0.05) is 6.07 Å². The summed E-state index contributed by atoms with van der Waals surface area (Å²) in [5.74, 6) is 0.872. The summed E-state index contributed by atoms with van der Waals surface area (Å²) < 4.78 is 0. The van der Waals surface area contributed by atoms with Gasteiger partial charge in [0.25, 0.3) is 0 Å². The topological polar surface area (TPSA) is 29.0 Å². The Morgan fingerprint density at radius 3 is 2.95 bits per heavy atom. The summed E-state index contributed by atoms with van der Waals surface area (Å²) in [5.41, 5.74) is 3.90. The molecule has 0 radical (unpaired) electrons. The van der Waals surface area contributed by atoms with E-state index >= 15 is 0 Å². The highest BCUT2D eigenvalue weighted by Gasteiger charge is 2.19. The van der Waals surface area contributed by atoms with Gasteiger partial charge in [-0.15, -0.1) is 22.7 Å². The second-order valence-electron chi connectivity index (χ2n) is 5.63. The lowest BCUT2D eigenvalue weighted by molar-refractivity contribution is 0.244. The van der Waals surface area contributed by atoms with Crippen LogP contribution in [-0.4, -0.2) is 21.4 Å². The van der Waals surface area contributed by atoms with E-state index in [-0.39, 0.29) is 0 Å². The standard InChI is InChI=1S/C17H17N3S2/c1-12-5-8-22-16(12)11-20-6-4-14-13(10-20)9-18-17(19-14)15-3-2-7-21-15/h2-3,5,7-9H,4,6,10-11H2,1H3. The normalized spacial score (nSPS) is 15.0. The summed E-state index contributed by atoms with van der Waals surface area (Å²) in [7, 11) is 0. The zero-order valence-electron chi connectivity index (χ0n) is 12.5. The van der Waals surface area contributed by atoms with E-state index in [1.165, 1.54) is 21.7 Å². The van der Waals surface area contributed by atoms with Crippen molar-refractivity contribution in [3.05, 3.63) is 56.9 Å². The monoisotopic (exact) mass is 327 g/mol. The highest BCUT2D eigenvalue weighted by molar-refractivity contribution is 7.13. The molecular weight excluding hydrogens is 310 g/mol. The van der Waals surface area contributed by atoms with Crippen molar-refractivity contribution >= 4 is 22.7 Å². The van der Waals surface area contributed by atoms with Gasteiger partial charge in [0, 0.05) is 42.7 Å². The third-order valence-corrected chi connectivity index (χ3v) is 5.96. The van der Waals surface area contributed by atoms with Gasteiger partial charge in [0.1, 0.15) is 0 Å². The first-order valence-corrected chi connectivity index (χ1v) is 9.19. The minimum atomic E-state index is 0.872. The third-order valence-electron chi connectivity index (χ3n) is 4.09. The van der Waals surface area contributed by atoms with E-state index < -0.39 is 0 Å². The molecule has 0 saturated heterocycles. The Kier molecular flexibility index (Phi) is 3.78. The molecule has 3 aromatic rings. The minimum absolute atomic E-state index is 0.872. The van der Waals surface area contributed by atoms with Gasteiger partial charge in [-0.05, 0) is 35.4 Å². The predicted octanol–water partition coefficient (Wildman–Crippen LogP) is 4.13. The number of aromatic nitrogens is 2. The zero-order valence-corrected chi connectivity index (χ0v) is 14.1. The Morgan fingerprint density at radius 2 is 2.18 bits per heavy atom. The lowest BCUT2D eigenvalue weighted by atomic mass is 10.1. The first kappa shape index (κ1) is 14.1. The van der Waals surface area contributed by atoms with Crippen molar-refractivity contribution < 1.29 is 0 Å². The molecule has 3 nitrogen and oxygen atoms in total. The van der Waals surface area contributed by atoms with Crippen LogP contribution in [0.4, 0.5) is 0 Å². The summed E-state index contributed by atoms with van der Waals surface area (Å²) in [6, 6.07) is 6.34. The van der Waals surface area contributed by atoms with Crippen molar-refractivity contribution in [2.45, 2.75) is 26.4 Å². The molecule has 0 aliphatic carbocycles. The first-order chi connectivity index (χ1) is 10.8. The van der Waals surface area contributed by atoms with Crippen LogP contribution in [0.3, 0.4) is 0 Å². The van der Waals surface area contributed by atoms with Gasteiger partial charge in [0.15, 0.2) is 5.82 Å². The average Bonchev–Trinajstić information content (AvgIpc) is 3.19. The second kappa shape index (κ2) is 5.91. The number of hydrogen-bond donors (Lipinski definition) is 0. The van der Waals surface area contributed by atoms with Crippen molar-refractivity contribution in [3.8, 4) is 10.7 Å². The number of fused-ring (bicyclic) bond motifs is 1. The molecule has 0 amide bonds. The molecule has 3 aromatic heterocycles. The van der Waals surface area contributed by atoms with E-state index in [0.29, 0.717) is 0 Å². The van der Waals surface area contributed by atoms with Crippen LogP contribution in [0, 0.1) is 6.92 Å². The fourth-order valence-electron chi connectivity index (χ4n) is 2.80. The highest BCUT2D eigenvalue weighted by atomic mass is 32.1. The number of aryl methyl sites for hydroxylation is 1. The van der Waals surface area contributed by atoms with Gasteiger partial charge in [-0.2, -0.15) is 0 Å². The van der Waals surface area contributed by atoms with Crippen LogP contribution in [0.5, 0.6) is 0 Å². The molecule has 0 unspecified atom stereocenters. The number of thiophene rings is 2. The molecule has 1 aliphatic heterocycles. The number of hydrogen-bond acceptors (Lipinski definition) is 5. The molecule has 0 atom stereocenters. The Balaban J connectivity index is 1.53. The molecule has 4 heterocycles. The van der Waals surface area contributed by atoms with Crippen molar-refractivity contribution in [3.63, 3.8) is 0 Å².